The summed E-state index contributed by atoms with van der Waals surface area (Å²) >= 11 is 0. The number of fused-ring (bicyclic) bond motifs is 2. The summed E-state index contributed by atoms with van der Waals surface area (Å²) in [6, 6.07) is 22.8. The maximum Gasteiger partial charge on any atom is 0.260 e. The van der Waals surface area contributed by atoms with Gasteiger partial charge in [-0.1, -0.05) is 36.4 Å². The van der Waals surface area contributed by atoms with Gasteiger partial charge in [0.15, 0.2) is 0 Å². The molecule has 3 aromatic carbocycles. The summed E-state index contributed by atoms with van der Waals surface area (Å²) in [4.78, 5) is 23.9. The number of aromatic nitrogens is 2. The normalized spacial score (nSPS) is 10.9. The van der Waals surface area contributed by atoms with Crippen molar-refractivity contribution >= 4 is 33.7 Å². The van der Waals surface area contributed by atoms with Gasteiger partial charge in [0, 0.05) is 12.7 Å². The predicted molar refractivity (Wildman–Crippen MR) is 96.2 cm³/mol. The van der Waals surface area contributed by atoms with E-state index in [9.17, 15) is 4.79 Å². The summed E-state index contributed by atoms with van der Waals surface area (Å²) in [6.07, 6.45) is 0. The maximum atomic E-state index is 13.0. The summed E-state index contributed by atoms with van der Waals surface area (Å²) in [5.74, 6) is -0.101. The van der Waals surface area contributed by atoms with Crippen LogP contribution < -0.4 is 4.90 Å². The molecule has 1 heterocycles. The third kappa shape index (κ3) is 2.38. The van der Waals surface area contributed by atoms with E-state index in [4.69, 9.17) is 0 Å². The third-order valence-electron chi connectivity index (χ3n) is 4.05. The quantitative estimate of drug-likeness (QED) is 0.524. The average Bonchev–Trinajstić information content (AvgIpc) is 2.65. The molecule has 0 aliphatic carbocycles. The number of hydrogen-bond donors (Lipinski definition) is 0. The van der Waals surface area contributed by atoms with E-state index in [2.05, 4.69) is 9.97 Å². The molecule has 0 radical (unpaired) electrons. The van der Waals surface area contributed by atoms with Crippen LogP contribution in [0, 0.1) is 0 Å². The Morgan fingerprint density at radius 2 is 1.38 bits per heavy atom. The molecule has 4 rings (SSSR count). The van der Waals surface area contributed by atoms with Crippen LogP contribution >= 0.6 is 0 Å². The SMILES string of the molecule is CN(C(=O)c1cccc2nc3ccccc3nc12)c1ccccc1. The van der Waals surface area contributed by atoms with Crippen LogP contribution in [-0.4, -0.2) is 22.9 Å². The second-order valence-corrected chi connectivity index (χ2v) is 5.59. The molecule has 0 bridgehead atoms. The average molecular weight is 313 g/mol. The van der Waals surface area contributed by atoms with Gasteiger partial charge in [-0.2, -0.15) is 0 Å². The highest BCUT2D eigenvalue weighted by molar-refractivity contribution is 6.13. The lowest BCUT2D eigenvalue weighted by Gasteiger charge is -2.18. The van der Waals surface area contributed by atoms with Crippen molar-refractivity contribution in [2.75, 3.05) is 11.9 Å². The van der Waals surface area contributed by atoms with Gasteiger partial charge >= 0.3 is 0 Å². The third-order valence-corrected chi connectivity index (χ3v) is 4.05. The number of para-hydroxylation sites is 4. The van der Waals surface area contributed by atoms with E-state index in [1.54, 1.807) is 18.0 Å². The minimum absolute atomic E-state index is 0.101. The summed E-state index contributed by atoms with van der Waals surface area (Å²) in [7, 11) is 1.77. The second-order valence-electron chi connectivity index (χ2n) is 5.59. The summed E-state index contributed by atoms with van der Waals surface area (Å²) in [5.41, 5.74) is 4.36. The summed E-state index contributed by atoms with van der Waals surface area (Å²) in [5, 5.41) is 0. The molecule has 4 nitrogen and oxygen atoms in total. The zero-order chi connectivity index (χ0) is 16.5. The first-order valence-electron chi connectivity index (χ1n) is 7.73. The van der Waals surface area contributed by atoms with Crippen LogP contribution in [0.5, 0.6) is 0 Å². The molecular weight excluding hydrogens is 298 g/mol. The number of benzene rings is 3. The van der Waals surface area contributed by atoms with Crippen molar-refractivity contribution in [2.24, 2.45) is 0 Å². The van der Waals surface area contributed by atoms with Gasteiger partial charge in [-0.15, -0.1) is 0 Å². The molecule has 4 aromatic rings. The summed E-state index contributed by atoms with van der Waals surface area (Å²) < 4.78 is 0. The Labute approximate surface area is 139 Å². The topological polar surface area (TPSA) is 46.1 Å². The highest BCUT2D eigenvalue weighted by atomic mass is 16.2. The van der Waals surface area contributed by atoms with E-state index in [1.165, 1.54) is 0 Å². The van der Waals surface area contributed by atoms with Crippen LogP contribution in [0.3, 0.4) is 0 Å². The van der Waals surface area contributed by atoms with Crippen LogP contribution in [0.2, 0.25) is 0 Å². The van der Waals surface area contributed by atoms with Crippen molar-refractivity contribution in [3.8, 4) is 0 Å². The molecule has 1 amide bonds. The van der Waals surface area contributed by atoms with Crippen molar-refractivity contribution in [1.82, 2.24) is 9.97 Å². The van der Waals surface area contributed by atoms with Gasteiger partial charge in [-0.3, -0.25) is 4.79 Å². The van der Waals surface area contributed by atoms with Crippen molar-refractivity contribution < 1.29 is 4.79 Å². The van der Waals surface area contributed by atoms with E-state index in [-0.39, 0.29) is 5.91 Å². The molecule has 0 aliphatic heterocycles. The van der Waals surface area contributed by atoms with Gasteiger partial charge in [-0.25, -0.2) is 9.97 Å². The lowest BCUT2D eigenvalue weighted by atomic mass is 10.1. The second kappa shape index (κ2) is 5.74. The van der Waals surface area contributed by atoms with Crippen molar-refractivity contribution in [3.63, 3.8) is 0 Å². The van der Waals surface area contributed by atoms with Gasteiger partial charge in [-0.05, 0) is 36.4 Å². The fourth-order valence-corrected chi connectivity index (χ4v) is 2.76. The predicted octanol–water partition coefficient (Wildman–Crippen LogP) is 4.06. The van der Waals surface area contributed by atoms with E-state index in [1.807, 2.05) is 66.7 Å². The van der Waals surface area contributed by atoms with Crippen LogP contribution in [0.15, 0.2) is 72.8 Å². The number of carbonyl (C=O) groups is 1. The molecule has 0 spiro atoms. The van der Waals surface area contributed by atoms with E-state index >= 15 is 0 Å². The molecule has 0 unspecified atom stereocenters. The Morgan fingerprint density at radius 1 is 0.750 bits per heavy atom. The molecule has 0 atom stereocenters. The van der Waals surface area contributed by atoms with Gasteiger partial charge in [0.1, 0.15) is 5.52 Å². The largest absolute Gasteiger partial charge is 0.311 e. The van der Waals surface area contributed by atoms with Crippen LogP contribution in [0.25, 0.3) is 22.1 Å². The molecular formula is C20H15N3O. The molecule has 116 valence electrons. The number of rotatable bonds is 2. The van der Waals surface area contributed by atoms with E-state index in [0.29, 0.717) is 11.1 Å². The molecule has 0 saturated carbocycles. The zero-order valence-electron chi connectivity index (χ0n) is 13.2. The molecule has 24 heavy (non-hydrogen) atoms. The van der Waals surface area contributed by atoms with Gasteiger partial charge in [0.05, 0.1) is 22.1 Å². The minimum Gasteiger partial charge on any atom is -0.311 e. The van der Waals surface area contributed by atoms with Gasteiger partial charge in [0.25, 0.3) is 5.91 Å². The number of nitrogens with zero attached hydrogens (tertiary/aromatic N) is 3. The number of amides is 1. The highest BCUT2D eigenvalue weighted by Gasteiger charge is 2.17. The molecule has 0 aliphatic rings. The molecule has 4 heteroatoms. The van der Waals surface area contributed by atoms with E-state index in [0.717, 1.165) is 22.2 Å². The Kier molecular flexibility index (Phi) is 3.43. The molecule has 1 aromatic heterocycles. The van der Waals surface area contributed by atoms with Gasteiger partial charge < -0.3 is 4.90 Å². The lowest BCUT2D eigenvalue weighted by molar-refractivity contribution is 0.0994. The van der Waals surface area contributed by atoms with Crippen molar-refractivity contribution in [3.05, 3.63) is 78.4 Å². The molecule has 0 saturated heterocycles. The van der Waals surface area contributed by atoms with Crippen LogP contribution in [0.4, 0.5) is 5.69 Å². The lowest BCUT2D eigenvalue weighted by Crippen LogP contribution is -2.26. The number of hydrogen-bond acceptors (Lipinski definition) is 3. The Bertz CT molecular complexity index is 1040. The first-order valence-corrected chi connectivity index (χ1v) is 7.73. The van der Waals surface area contributed by atoms with Gasteiger partial charge in [0.2, 0.25) is 0 Å². The number of carbonyl (C=O) groups excluding carboxylic acids is 1. The first kappa shape index (κ1) is 14.3. The first-order chi connectivity index (χ1) is 11.7. The highest BCUT2D eigenvalue weighted by Crippen LogP contribution is 2.22. The zero-order valence-corrected chi connectivity index (χ0v) is 13.2. The maximum absolute atomic E-state index is 13.0. The Balaban J connectivity index is 1.87. The van der Waals surface area contributed by atoms with E-state index < -0.39 is 0 Å². The van der Waals surface area contributed by atoms with Crippen LogP contribution in [-0.2, 0) is 0 Å². The van der Waals surface area contributed by atoms with Crippen LogP contribution in [0.1, 0.15) is 10.4 Å². The minimum atomic E-state index is -0.101. The molecule has 0 fully saturated rings. The monoisotopic (exact) mass is 313 g/mol. The smallest absolute Gasteiger partial charge is 0.260 e. The Hall–Kier alpha value is -3.27. The standard InChI is InChI=1S/C20H15N3O/c1-23(14-8-3-2-4-9-14)20(24)15-10-7-13-18-19(15)22-17-12-6-5-11-16(17)21-18/h2-13H,1H3. The summed E-state index contributed by atoms with van der Waals surface area (Å²) in [6.45, 7) is 0. The van der Waals surface area contributed by atoms with Crippen molar-refractivity contribution in [1.29, 1.82) is 0 Å². The van der Waals surface area contributed by atoms with Crippen molar-refractivity contribution in [2.45, 2.75) is 0 Å². The fourth-order valence-electron chi connectivity index (χ4n) is 2.76. The molecule has 0 N–H and O–H groups in total. The Morgan fingerprint density at radius 3 is 2.12 bits per heavy atom. The fraction of sp³-hybridized carbons (Fsp3) is 0.0500. The number of anilines is 1.